The van der Waals surface area contributed by atoms with Crippen LogP contribution in [0.15, 0.2) is 42.5 Å². The van der Waals surface area contributed by atoms with Crippen molar-refractivity contribution < 1.29 is 17.9 Å². The van der Waals surface area contributed by atoms with E-state index in [1.165, 1.54) is 0 Å². The maximum absolute atomic E-state index is 12.4. The summed E-state index contributed by atoms with van der Waals surface area (Å²) in [5, 5.41) is 4.61. The monoisotopic (exact) mass is 347 g/mol. The van der Waals surface area contributed by atoms with Crippen molar-refractivity contribution >= 4 is 26.5 Å². The SMILES string of the molecule is O=C(CS(=O)(=O)Cc1cccc2ccccc12)NC[C@H]1CCOC1. The maximum Gasteiger partial charge on any atom is 0.235 e. The van der Waals surface area contributed by atoms with Gasteiger partial charge < -0.3 is 10.1 Å². The maximum atomic E-state index is 12.4. The third-order valence-electron chi connectivity index (χ3n) is 4.22. The minimum absolute atomic E-state index is 0.131. The average Bonchev–Trinajstić information content (AvgIpc) is 3.06. The lowest BCUT2D eigenvalue weighted by molar-refractivity contribution is -0.118. The summed E-state index contributed by atoms with van der Waals surface area (Å²) in [6, 6.07) is 13.2. The summed E-state index contributed by atoms with van der Waals surface area (Å²) in [5.74, 6) is -0.769. The van der Waals surface area contributed by atoms with E-state index in [4.69, 9.17) is 4.74 Å². The molecule has 3 rings (SSSR count). The van der Waals surface area contributed by atoms with Gasteiger partial charge in [0.15, 0.2) is 9.84 Å². The van der Waals surface area contributed by atoms with Crippen LogP contribution >= 0.6 is 0 Å². The molecule has 1 N–H and O–H groups in total. The van der Waals surface area contributed by atoms with Gasteiger partial charge in [-0.1, -0.05) is 42.5 Å². The first-order chi connectivity index (χ1) is 11.5. The zero-order chi connectivity index (χ0) is 17.0. The highest BCUT2D eigenvalue weighted by Gasteiger charge is 2.21. The Morgan fingerprint density at radius 1 is 1.17 bits per heavy atom. The van der Waals surface area contributed by atoms with Gasteiger partial charge in [-0.15, -0.1) is 0 Å². The number of amides is 1. The first-order valence-corrected chi connectivity index (χ1v) is 9.87. The standard InChI is InChI=1S/C18H21NO4S/c20-18(19-10-14-8-9-23-11-14)13-24(21,22)12-16-6-3-5-15-4-1-2-7-17(15)16/h1-7,14H,8-13H2,(H,19,20)/t14-/m1/s1. The van der Waals surface area contributed by atoms with Crippen LogP contribution in [0.2, 0.25) is 0 Å². The first-order valence-electron chi connectivity index (χ1n) is 8.05. The topological polar surface area (TPSA) is 72.5 Å². The molecule has 0 aromatic heterocycles. The number of rotatable bonds is 6. The molecule has 2 aromatic carbocycles. The molecule has 2 aromatic rings. The zero-order valence-corrected chi connectivity index (χ0v) is 14.2. The summed E-state index contributed by atoms with van der Waals surface area (Å²) in [7, 11) is -3.51. The Labute approximate surface area is 141 Å². The summed E-state index contributed by atoms with van der Waals surface area (Å²) in [6.45, 7) is 1.81. The van der Waals surface area contributed by atoms with Crippen LogP contribution in [0.1, 0.15) is 12.0 Å². The smallest absolute Gasteiger partial charge is 0.235 e. The van der Waals surface area contributed by atoms with Crippen LogP contribution in [0.3, 0.4) is 0 Å². The summed E-state index contributed by atoms with van der Waals surface area (Å²) >= 11 is 0. The molecule has 0 radical (unpaired) electrons. The van der Waals surface area contributed by atoms with E-state index in [2.05, 4.69) is 5.32 Å². The Bertz CT molecular complexity index is 821. The third-order valence-corrected chi connectivity index (χ3v) is 5.67. The van der Waals surface area contributed by atoms with Crippen LogP contribution in [0.5, 0.6) is 0 Å². The summed E-state index contributed by atoms with van der Waals surface area (Å²) in [6.07, 6.45) is 0.906. The van der Waals surface area contributed by atoms with Crippen LogP contribution in [0, 0.1) is 5.92 Å². The van der Waals surface area contributed by atoms with Crippen molar-refractivity contribution in [2.45, 2.75) is 12.2 Å². The molecule has 128 valence electrons. The number of hydrogen-bond donors (Lipinski definition) is 1. The molecular formula is C18H21NO4S. The van der Waals surface area contributed by atoms with Crippen LogP contribution in [0.4, 0.5) is 0 Å². The van der Waals surface area contributed by atoms with E-state index in [-0.39, 0.29) is 11.7 Å². The lowest BCUT2D eigenvalue weighted by atomic mass is 10.1. The van der Waals surface area contributed by atoms with Gasteiger partial charge in [0.2, 0.25) is 5.91 Å². The van der Waals surface area contributed by atoms with E-state index in [0.717, 1.165) is 22.8 Å². The number of benzene rings is 2. The van der Waals surface area contributed by atoms with E-state index < -0.39 is 21.5 Å². The predicted molar refractivity (Wildman–Crippen MR) is 93.4 cm³/mol. The minimum Gasteiger partial charge on any atom is -0.381 e. The molecule has 1 fully saturated rings. The number of nitrogens with one attached hydrogen (secondary N) is 1. The lowest BCUT2D eigenvalue weighted by Gasteiger charge is -2.11. The quantitative estimate of drug-likeness (QED) is 0.866. The van der Waals surface area contributed by atoms with Crippen LogP contribution in [-0.2, 0) is 25.1 Å². The van der Waals surface area contributed by atoms with Crippen molar-refractivity contribution in [1.82, 2.24) is 5.32 Å². The summed E-state index contributed by atoms with van der Waals surface area (Å²) in [4.78, 5) is 11.9. The normalized spacial score (nSPS) is 17.9. The Morgan fingerprint density at radius 2 is 1.96 bits per heavy atom. The molecule has 0 bridgehead atoms. The second-order valence-corrected chi connectivity index (χ2v) is 8.27. The first kappa shape index (κ1) is 16.9. The average molecular weight is 347 g/mol. The van der Waals surface area contributed by atoms with Crippen molar-refractivity contribution in [1.29, 1.82) is 0 Å². The fourth-order valence-electron chi connectivity index (χ4n) is 2.96. The second-order valence-electron chi connectivity index (χ2n) is 6.20. The molecule has 0 unspecified atom stereocenters. The van der Waals surface area contributed by atoms with Crippen molar-refractivity contribution in [3.8, 4) is 0 Å². The minimum atomic E-state index is -3.51. The summed E-state index contributed by atoms with van der Waals surface area (Å²) in [5.41, 5.74) is 0.727. The van der Waals surface area contributed by atoms with Gasteiger partial charge in [0.05, 0.1) is 12.4 Å². The van der Waals surface area contributed by atoms with Gasteiger partial charge in [0, 0.05) is 19.1 Å². The molecule has 1 aliphatic rings. The van der Waals surface area contributed by atoms with Gasteiger partial charge in [-0.25, -0.2) is 8.42 Å². The number of carbonyl (C=O) groups is 1. The molecule has 1 aliphatic heterocycles. The highest BCUT2D eigenvalue weighted by atomic mass is 32.2. The van der Waals surface area contributed by atoms with Gasteiger partial charge in [0.25, 0.3) is 0 Å². The number of fused-ring (bicyclic) bond motifs is 1. The van der Waals surface area contributed by atoms with Crippen molar-refractivity contribution in [2.24, 2.45) is 5.92 Å². The van der Waals surface area contributed by atoms with Crippen LogP contribution in [-0.4, -0.2) is 39.8 Å². The number of hydrogen-bond acceptors (Lipinski definition) is 4. The third kappa shape index (κ3) is 4.33. The molecule has 24 heavy (non-hydrogen) atoms. The molecule has 1 atom stereocenters. The Hall–Kier alpha value is -1.92. The van der Waals surface area contributed by atoms with Gasteiger partial charge in [-0.3, -0.25) is 4.79 Å². The molecule has 1 amide bonds. The van der Waals surface area contributed by atoms with Crippen molar-refractivity contribution in [3.05, 3.63) is 48.0 Å². The van der Waals surface area contributed by atoms with E-state index >= 15 is 0 Å². The number of ether oxygens (including phenoxy) is 1. The molecule has 1 heterocycles. The molecular weight excluding hydrogens is 326 g/mol. The molecule has 1 saturated heterocycles. The lowest BCUT2D eigenvalue weighted by Crippen LogP contribution is -2.34. The van der Waals surface area contributed by atoms with E-state index in [1.54, 1.807) is 6.07 Å². The van der Waals surface area contributed by atoms with Crippen LogP contribution in [0.25, 0.3) is 10.8 Å². The Morgan fingerprint density at radius 3 is 2.75 bits per heavy atom. The number of carbonyl (C=O) groups excluding carboxylic acids is 1. The highest BCUT2D eigenvalue weighted by Crippen LogP contribution is 2.20. The molecule has 0 saturated carbocycles. The second kappa shape index (κ2) is 7.32. The highest BCUT2D eigenvalue weighted by molar-refractivity contribution is 7.91. The Kier molecular flexibility index (Phi) is 5.16. The van der Waals surface area contributed by atoms with E-state index in [9.17, 15) is 13.2 Å². The molecule has 0 spiro atoms. The summed E-state index contributed by atoms with van der Waals surface area (Å²) < 4.78 is 30.0. The van der Waals surface area contributed by atoms with Crippen LogP contribution < -0.4 is 5.32 Å². The zero-order valence-electron chi connectivity index (χ0n) is 13.4. The van der Waals surface area contributed by atoms with Crippen molar-refractivity contribution in [3.63, 3.8) is 0 Å². The van der Waals surface area contributed by atoms with Gasteiger partial charge >= 0.3 is 0 Å². The van der Waals surface area contributed by atoms with E-state index in [0.29, 0.717) is 19.8 Å². The van der Waals surface area contributed by atoms with Gasteiger partial charge in [-0.05, 0) is 22.8 Å². The van der Waals surface area contributed by atoms with E-state index in [1.807, 2.05) is 36.4 Å². The molecule has 6 heteroatoms. The molecule has 0 aliphatic carbocycles. The number of sulfone groups is 1. The van der Waals surface area contributed by atoms with Crippen molar-refractivity contribution in [2.75, 3.05) is 25.5 Å². The predicted octanol–water partition coefficient (Wildman–Crippen LogP) is 1.91. The molecule has 5 nitrogen and oxygen atoms in total. The van der Waals surface area contributed by atoms with Gasteiger partial charge in [-0.2, -0.15) is 0 Å². The fourth-order valence-corrected chi connectivity index (χ4v) is 4.29. The largest absolute Gasteiger partial charge is 0.381 e. The van der Waals surface area contributed by atoms with Gasteiger partial charge in [0.1, 0.15) is 5.75 Å². The fraction of sp³-hybridized carbons (Fsp3) is 0.389. The Balaban J connectivity index is 1.63.